The van der Waals surface area contributed by atoms with Crippen molar-refractivity contribution in [3.63, 3.8) is 0 Å². The summed E-state index contributed by atoms with van der Waals surface area (Å²) < 4.78 is 13.5. The molecule has 1 amide bonds. The predicted octanol–water partition coefficient (Wildman–Crippen LogP) is 1.70. The van der Waals surface area contributed by atoms with Crippen molar-refractivity contribution in [1.82, 2.24) is 16.0 Å². The summed E-state index contributed by atoms with van der Waals surface area (Å²) in [6, 6.07) is 6.72. The molecule has 0 saturated heterocycles. The Bertz CT molecular complexity index is 543. The third-order valence-electron chi connectivity index (χ3n) is 3.52. The number of nitrogens with one attached hydrogen (secondary N) is 3. The SMILES string of the molecule is CCNC(=O)C(C)(C)CNC(=NC)NCCc1ccccc1F. The maximum absolute atomic E-state index is 13.5. The summed E-state index contributed by atoms with van der Waals surface area (Å²) in [7, 11) is 1.66. The predicted molar refractivity (Wildman–Crippen MR) is 91.9 cm³/mol. The van der Waals surface area contributed by atoms with Crippen LogP contribution in [0.5, 0.6) is 0 Å². The number of carbonyl (C=O) groups is 1. The van der Waals surface area contributed by atoms with Crippen molar-refractivity contribution in [1.29, 1.82) is 0 Å². The second-order valence-electron chi connectivity index (χ2n) is 5.94. The number of hydrogen-bond acceptors (Lipinski definition) is 2. The van der Waals surface area contributed by atoms with Crippen LogP contribution in [-0.2, 0) is 11.2 Å². The van der Waals surface area contributed by atoms with Crippen LogP contribution in [0.4, 0.5) is 4.39 Å². The highest BCUT2D eigenvalue weighted by Crippen LogP contribution is 2.13. The lowest BCUT2D eigenvalue weighted by Gasteiger charge is -2.24. The van der Waals surface area contributed by atoms with E-state index in [0.717, 1.165) is 0 Å². The lowest BCUT2D eigenvalue weighted by molar-refractivity contribution is -0.128. The molecule has 0 heterocycles. The van der Waals surface area contributed by atoms with Gasteiger partial charge in [-0.3, -0.25) is 9.79 Å². The van der Waals surface area contributed by atoms with E-state index in [1.165, 1.54) is 6.07 Å². The van der Waals surface area contributed by atoms with Crippen molar-refractivity contribution in [2.24, 2.45) is 10.4 Å². The van der Waals surface area contributed by atoms with E-state index in [0.29, 0.717) is 37.6 Å². The van der Waals surface area contributed by atoms with Crippen LogP contribution < -0.4 is 16.0 Å². The van der Waals surface area contributed by atoms with Gasteiger partial charge in [0, 0.05) is 26.7 Å². The van der Waals surface area contributed by atoms with Gasteiger partial charge in [-0.1, -0.05) is 18.2 Å². The molecule has 0 fully saturated rings. The highest BCUT2D eigenvalue weighted by molar-refractivity contribution is 5.84. The van der Waals surface area contributed by atoms with Crippen LogP contribution in [0.1, 0.15) is 26.3 Å². The van der Waals surface area contributed by atoms with Crippen molar-refractivity contribution >= 4 is 11.9 Å². The van der Waals surface area contributed by atoms with Crippen molar-refractivity contribution in [2.45, 2.75) is 27.2 Å². The first-order valence-electron chi connectivity index (χ1n) is 7.87. The van der Waals surface area contributed by atoms with Gasteiger partial charge in [0.15, 0.2) is 5.96 Å². The van der Waals surface area contributed by atoms with Crippen molar-refractivity contribution in [3.8, 4) is 0 Å². The Morgan fingerprint density at radius 2 is 1.91 bits per heavy atom. The van der Waals surface area contributed by atoms with Gasteiger partial charge in [0.1, 0.15) is 5.82 Å². The Morgan fingerprint density at radius 3 is 2.52 bits per heavy atom. The van der Waals surface area contributed by atoms with E-state index in [1.807, 2.05) is 26.8 Å². The smallest absolute Gasteiger partial charge is 0.227 e. The summed E-state index contributed by atoms with van der Waals surface area (Å²) in [5, 5.41) is 9.08. The molecule has 3 N–H and O–H groups in total. The molecule has 0 saturated carbocycles. The fourth-order valence-electron chi connectivity index (χ4n) is 2.02. The molecule has 0 aliphatic rings. The van der Waals surface area contributed by atoms with Crippen molar-refractivity contribution < 1.29 is 9.18 Å². The lowest BCUT2D eigenvalue weighted by atomic mass is 9.92. The highest BCUT2D eigenvalue weighted by Gasteiger charge is 2.27. The quantitative estimate of drug-likeness (QED) is 0.529. The van der Waals surface area contributed by atoms with Crippen molar-refractivity contribution in [3.05, 3.63) is 35.6 Å². The molecule has 0 radical (unpaired) electrons. The maximum Gasteiger partial charge on any atom is 0.227 e. The second-order valence-corrected chi connectivity index (χ2v) is 5.94. The number of carbonyl (C=O) groups excluding carboxylic acids is 1. The number of rotatable bonds is 7. The number of amides is 1. The number of halogens is 1. The number of guanidine groups is 1. The Balaban J connectivity index is 2.43. The molecular weight excluding hydrogens is 295 g/mol. The van der Waals surface area contributed by atoms with Crippen molar-refractivity contribution in [2.75, 3.05) is 26.7 Å². The fourth-order valence-corrected chi connectivity index (χ4v) is 2.02. The zero-order chi connectivity index (χ0) is 17.3. The molecule has 1 aromatic carbocycles. The molecule has 0 unspecified atom stereocenters. The molecule has 23 heavy (non-hydrogen) atoms. The molecule has 0 atom stereocenters. The average Bonchev–Trinajstić information content (AvgIpc) is 2.52. The minimum Gasteiger partial charge on any atom is -0.356 e. The van der Waals surface area contributed by atoms with Crippen LogP contribution in [0, 0.1) is 11.2 Å². The molecule has 0 aliphatic carbocycles. The van der Waals surface area contributed by atoms with Gasteiger partial charge in [-0.05, 0) is 38.8 Å². The molecule has 6 heteroatoms. The summed E-state index contributed by atoms with van der Waals surface area (Å²) in [6.07, 6.45) is 0.563. The fraction of sp³-hybridized carbons (Fsp3) is 0.529. The van der Waals surface area contributed by atoms with Gasteiger partial charge in [-0.2, -0.15) is 0 Å². The van der Waals surface area contributed by atoms with Crippen LogP contribution in [0.2, 0.25) is 0 Å². The monoisotopic (exact) mass is 322 g/mol. The van der Waals surface area contributed by atoms with Gasteiger partial charge in [0.2, 0.25) is 5.91 Å². The Kier molecular flexibility index (Phi) is 7.51. The van der Waals surface area contributed by atoms with Gasteiger partial charge in [0.25, 0.3) is 0 Å². The number of benzene rings is 1. The van der Waals surface area contributed by atoms with Crippen LogP contribution in [-0.4, -0.2) is 38.5 Å². The Labute approximate surface area is 137 Å². The number of hydrogen-bond donors (Lipinski definition) is 3. The lowest BCUT2D eigenvalue weighted by Crippen LogP contribution is -2.48. The topological polar surface area (TPSA) is 65.5 Å². The normalized spacial score (nSPS) is 12.0. The summed E-state index contributed by atoms with van der Waals surface area (Å²) >= 11 is 0. The van der Waals surface area contributed by atoms with Crippen LogP contribution in [0.15, 0.2) is 29.3 Å². The second kappa shape index (κ2) is 9.12. The maximum atomic E-state index is 13.5. The van der Waals surface area contributed by atoms with E-state index in [4.69, 9.17) is 0 Å². The van der Waals surface area contributed by atoms with Crippen LogP contribution >= 0.6 is 0 Å². The first-order chi connectivity index (χ1) is 10.9. The van der Waals surface area contributed by atoms with E-state index in [-0.39, 0.29) is 11.7 Å². The third-order valence-corrected chi connectivity index (χ3v) is 3.52. The van der Waals surface area contributed by atoms with Gasteiger partial charge in [0.05, 0.1) is 5.41 Å². The van der Waals surface area contributed by atoms with Crippen LogP contribution in [0.3, 0.4) is 0 Å². The molecular formula is C17H27FN4O. The van der Waals surface area contributed by atoms with Gasteiger partial charge in [-0.15, -0.1) is 0 Å². The molecule has 0 aromatic heterocycles. The number of aliphatic imine (C=N–C) groups is 1. The summed E-state index contributed by atoms with van der Waals surface area (Å²) in [5.41, 5.74) is 0.122. The van der Waals surface area contributed by atoms with Gasteiger partial charge >= 0.3 is 0 Å². The third kappa shape index (κ3) is 6.26. The zero-order valence-corrected chi connectivity index (χ0v) is 14.4. The van der Waals surface area contributed by atoms with E-state index >= 15 is 0 Å². The Hall–Kier alpha value is -2.11. The van der Waals surface area contributed by atoms with E-state index in [9.17, 15) is 9.18 Å². The minimum atomic E-state index is -0.542. The molecule has 128 valence electrons. The summed E-state index contributed by atoms with van der Waals surface area (Å²) in [4.78, 5) is 16.1. The van der Waals surface area contributed by atoms with E-state index in [2.05, 4.69) is 20.9 Å². The number of nitrogens with zero attached hydrogens (tertiary/aromatic N) is 1. The van der Waals surface area contributed by atoms with E-state index < -0.39 is 5.41 Å². The molecule has 5 nitrogen and oxygen atoms in total. The molecule has 1 rings (SSSR count). The minimum absolute atomic E-state index is 0.00527. The average molecular weight is 322 g/mol. The highest BCUT2D eigenvalue weighted by atomic mass is 19.1. The summed E-state index contributed by atoms with van der Waals surface area (Å²) in [5.74, 6) is 0.391. The zero-order valence-electron chi connectivity index (χ0n) is 14.4. The van der Waals surface area contributed by atoms with E-state index in [1.54, 1.807) is 19.2 Å². The molecule has 0 bridgehead atoms. The van der Waals surface area contributed by atoms with Gasteiger partial charge < -0.3 is 16.0 Å². The van der Waals surface area contributed by atoms with Crippen LogP contribution in [0.25, 0.3) is 0 Å². The first-order valence-corrected chi connectivity index (χ1v) is 7.87. The standard InChI is InChI=1S/C17H27FN4O/c1-5-20-15(23)17(2,3)12-22-16(19-4)21-11-10-13-8-6-7-9-14(13)18/h6-9H,5,10-12H2,1-4H3,(H,20,23)(H2,19,21,22). The molecule has 1 aromatic rings. The molecule has 0 aliphatic heterocycles. The van der Waals surface area contributed by atoms with Gasteiger partial charge in [-0.25, -0.2) is 4.39 Å². The Morgan fingerprint density at radius 1 is 1.22 bits per heavy atom. The molecule has 0 spiro atoms. The largest absolute Gasteiger partial charge is 0.356 e. The first kappa shape index (κ1) is 18.9. The summed E-state index contributed by atoms with van der Waals surface area (Å²) in [6.45, 7) is 7.26.